The molecule has 2 N–H and O–H groups in total. The number of nitrogens with one attached hydrogen (secondary N) is 1. The zero-order valence-electron chi connectivity index (χ0n) is 8.62. The van der Waals surface area contributed by atoms with Gasteiger partial charge in [0.05, 0.1) is 0 Å². The highest BCUT2D eigenvalue weighted by Crippen LogP contribution is 2.26. The Labute approximate surface area is 89.1 Å². The van der Waals surface area contributed by atoms with E-state index in [4.69, 9.17) is 5.11 Å². The number of benzene rings is 1. The molecule has 0 spiro atoms. The fourth-order valence-corrected chi connectivity index (χ4v) is 2.18. The molecule has 1 aliphatic rings. The number of hydrogen-bond acceptors (Lipinski definition) is 2. The van der Waals surface area contributed by atoms with Gasteiger partial charge in [-0.15, -0.1) is 0 Å². The summed E-state index contributed by atoms with van der Waals surface area (Å²) in [6, 6.07) is 6.75. The predicted octanol–water partition coefficient (Wildman–Crippen LogP) is 1.51. The molecule has 2 unspecified atom stereocenters. The molecule has 0 aromatic heterocycles. The van der Waals surface area contributed by atoms with Gasteiger partial charge in [0.25, 0.3) is 0 Å². The number of halogens is 1. The lowest BCUT2D eigenvalue weighted by atomic mass is 9.86. The summed E-state index contributed by atoms with van der Waals surface area (Å²) in [4.78, 5) is 0. The van der Waals surface area contributed by atoms with E-state index in [0.717, 1.165) is 25.1 Å². The monoisotopic (exact) mass is 209 g/mol. The fraction of sp³-hybridized carbons (Fsp3) is 0.500. The lowest BCUT2D eigenvalue weighted by Crippen LogP contribution is -2.36. The third-order valence-corrected chi connectivity index (χ3v) is 3.02. The van der Waals surface area contributed by atoms with Gasteiger partial charge in [0, 0.05) is 19.7 Å². The van der Waals surface area contributed by atoms with E-state index in [-0.39, 0.29) is 12.4 Å². The van der Waals surface area contributed by atoms with Crippen molar-refractivity contribution < 1.29 is 9.50 Å². The van der Waals surface area contributed by atoms with Crippen molar-refractivity contribution in [1.29, 1.82) is 0 Å². The van der Waals surface area contributed by atoms with Crippen LogP contribution in [0.15, 0.2) is 24.3 Å². The van der Waals surface area contributed by atoms with Crippen molar-refractivity contribution in [1.82, 2.24) is 5.32 Å². The summed E-state index contributed by atoms with van der Waals surface area (Å²) < 4.78 is 13.0. The lowest BCUT2D eigenvalue weighted by Gasteiger charge is -2.29. The maximum atomic E-state index is 13.0. The van der Waals surface area contributed by atoms with Crippen molar-refractivity contribution in [3.8, 4) is 0 Å². The number of aliphatic hydroxyl groups is 1. The summed E-state index contributed by atoms with van der Waals surface area (Å²) in [7, 11) is 0. The van der Waals surface area contributed by atoms with Crippen LogP contribution in [-0.2, 0) is 0 Å². The maximum absolute atomic E-state index is 13.0. The summed E-state index contributed by atoms with van der Waals surface area (Å²) >= 11 is 0. The van der Waals surface area contributed by atoms with Gasteiger partial charge in [-0.3, -0.25) is 0 Å². The fourth-order valence-electron chi connectivity index (χ4n) is 2.18. The van der Waals surface area contributed by atoms with Crippen molar-refractivity contribution in [2.45, 2.75) is 12.3 Å². The molecule has 1 saturated heterocycles. The minimum absolute atomic E-state index is 0.182. The molecule has 2 nitrogen and oxygen atoms in total. The summed E-state index contributed by atoms with van der Waals surface area (Å²) in [5.74, 6) is 0.442. The molecule has 0 bridgehead atoms. The van der Waals surface area contributed by atoms with E-state index in [0.29, 0.717) is 11.8 Å². The van der Waals surface area contributed by atoms with Crippen molar-refractivity contribution in [2.75, 3.05) is 19.7 Å². The molecule has 15 heavy (non-hydrogen) atoms. The normalized spacial score (nSPS) is 26.5. The Bertz CT molecular complexity index is 329. The second-order valence-corrected chi connectivity index (χ2v) is 4.19. The Kier molecular flexibility index (Phi) is 3.34. The number of rotatable bonds is 2. The highest BCUT2D eigenvalue weighted by Gasteiger charge is 2.22. The van der Waals surface area contributed by atoms with E-state index < -0.39 is 0 Å². The highest BCUT2D eigenvalue weighted by molar-refractivity contribution is 5.21. The van der Waals surface area contributed by atoms with Crippen LogP contribution in [0, 0.1) is 11.7 Å². The van der Waals surface area contributed by atoms with E-state index in [1.165, 1.54) is 6.07 Å². The van der Waals surface area contributed by atoms with Crippen LogP contribution in [0.25, 0.3) is 0 Å². The molecule has 1 heterocycles. The Hall–Kier alpha value is -0.930. The molecule has 0 aliphatic carbocycles. The topological polar surface area (TPSA) is 32.3 Å². The van der Waals surface area contributed by atoms with Gasteiger partial charge >= 0.3 is 0 Å². The second-order valence-electron chi connectivity index (χ2n) is 4.19. The third kappa shape index (κ3) is 2.55. The van der Waals surface area contributed by atoms with E-state index in [2.05, 4.69) is 5.32 Å². The minimum Gasteiger partial charge on any atom is -0.396 e. The summed E-state index contributed by atoms with van der Waals surface area (Å²) in [6.07, 6.45) is 0.937. The first-order chi connectivity index (χ1) is 7.29. The van der Waals surface area contributed by atoms with Gasteiger partial charge in [-0.05, 0) is 36.0 Å². The largest absolute Gasteiger partial charge is 0.396 e. The molecule has 2 rings (SSSR count). The molecule has 82 valence electrons. The zero-order chi connectivity index (χ0) is 10.7. The van der Waals surface area contributed by atoms with E-state index in [9.17, 15) is 4.39 Å². The van der Waals surface area contributed by atoms with E-state index in [1.807, 2.05) is 6.07 Å². The Morgan fingerprint density at radius 1 is 1.40 bits per heavy atom. The summed E-state index contributed by atoms with van der Waals surface area (Å²) in [6.45, 7) is 1.95. The number of aliphatic hydroxyl groups excluding tert-OH is 1. The van der Waals surface area contributed by atoms with Crippen LogP contribution in [0.1, 0.15) is 17.9 Å². The van der Waals surface area contributed by atoms with Crippen LogP contribution in [0.4, 0.5) is 4.39 Å². The molecule has 1 aromatic rings. The van der Waals surface area contributed by atoms with Crippen LogP contribution in [0.2, 0.25) is 0 Å². The van der Waals surface area contributed by atoms with E-state index >= 15 is 0 Å². The molecule has 0 amide bonds. The summed E-state index contributed by atoms with van der Waals surface area (Å²) in [5.41, 5.74) is 1.03. The van der Waals surface area contributed by atoms with Crippen LogP contribution in [0.3, 0.4) is 0 Å². The molecule has 0 radical (unpaired) electrons. The van der Waals surface area contributed by atoms with Crippen molar-refractivity contribution in [2.24, 2.45) is 5.92 Å². The smallest absolute Gasteiger partial charge is 0.123 e. The highest BCUT2D eigenvalue weighted by atomic mass is 19.1. The van der Waals surface area contributed by atoms with Crippen LogP contribution < -0.4 is 5.32 Å². The minimum atomic E-state index is -0.182. The molecule has 3 heteroatoms. The zero-order valence-corrected chi connectivity index (χ0v) is 8.62. The number of piperidine rings is 1. The Morgan fingerprint density at radius 2 is 2.27 bits per heavy atom. The number of hydrogen-bond donors (Lipinski definition) is 2. The standard InChI is InChI=1S/C12H16FNO/c13-12-3-1-2-10(5-12)11-4-9(8-15)6-14-7-11/h1-3,5,9,11,14-15H,4,6-8H2. The molecule has 1 aromatic carbocycles. The van der Waals surface area contributed by atoms with Gasteiger partial charge in [0.1, 0.15) is 5.82 Å². The van der Waals surface area contributed by atoms with Crippen LogP contribution in [0.5, 0.6) is 0 Å². The van der Waals surface area contributed by atoms with Gasteiger partial charge in [0.15, 0.2) is 0 Å². The molecular formula is C12H16FNO. The maximum Gasteiger partial charge on any atom is 0.123 e. The second kappa shape index (κ2) is 4.73. The predicted molar refractivity (Wildman–Crippen MR) is 57.2 cm³/mol. The average molecular weight is 209 g/mol. The van der Waals surface area contributed by atoms with Gasteiger partial charge in [-0.2, -0.15) is 0 Å². The molecule has 2 atom stereocenters. The van der Waals surface area contributed by atoms with Crippen LogP contribution in [-0.4, -0.2) is 24.8 Å². The van der Waals surface area contributed by atoms with Crippen molar-refractivity contribution in [3.63, 3.8) is 0 Å². The van der Waals surface area contributed by atoms with Crippen molar-refractivity contribution in [3.05, 3.63) is 35.6 Å². The van der Waals surface area contributed by atoms with Gasteiger partial charge in [0.2, 0.25) is 0 Å². The Morgan fingerprint density at radius 3 is 3.00 bits per heavy atom. The quantitative estimate of drug-likeness (QED) is 0.774. The van der Waals surface area contributed by atoms with Gasteiger partial charge < -0.3 is 10.4 Å². The Balaban J connectivity index is 2.09. The first-order valence-electron chi connectivity index (χ1n) is 5.36. The molecule has 1 fully saturated rings. The SMILES string of the molecule is OCC1CNCC(c2cccc(F)c2)C1. The van der Waals surface area contributed by atoms with Crippen LogP contribution >= 0.6 is 0 Å². The van der Waals surface area contributed by atoms with Gasteiger partial charge in [-0.1, -0.05) is 12.1 Å². The molecular weight excluding hydrogens is 193 g/mol. The third-order valence-electron chi connectivity index (χ3n) is 3.02. The molecule has 1 aliphatic heterocycles. The average Bonchev–Trinajstić information content (AvgIpc) is 2.29. The van der Waals surface area contributed by atoms with E-state index in [1.54, 1.807) is 12.1 Å². The first kappa shape index (κ1) is 10.6. The van der Waals surface area contributed by atoms with Gasteiger partial charge in [-0.25, -0.2) is 4.39 Å². The first-order valence-corrected chi connectivity index (χ1v) is 5.36. The summed E-state index contributed by atoms with van der Waals surface area (Å²) in [5, 5.41) is 12.4. The lowest BCUT2D eigenvalue weighted by molar-refractivity contribution is 0.190. The van der Waals surface area contributed by atoms with Crippen molar-refractivity contribution >= 4 is 0 Å². The molecule has 0 saturated carbocycles.